The fourth-order valence-corrected chi connectivity index (χ4v) is 6.58. The summed E-state index contributed by atoms with van der Waals surface area (Å²) >= 11 is 0. The van der Waals surface area contributed by atoms with E-state index in [2.05, 4.69) is 84.9 Å². The van der Waals surface area contributed by atoms with E-state index in [4.69, 9.17) is 18.9 Å². The van der Waals surface area contributed by atoms with E-state index >= 15 is 0 Å². The molecule has 0 aliphatic heterocycles. The Kier molecular flexibility index (Phi) is 7.95. The van der Waals surface area contributed by atoms with Crippen molar-refractivity contribution in [2.24, 2.45) is 0 Å². The summed E-state index contributed by atoms with van der Waals surface area (Å²) in [6.07, 6.45) is -0.564. The van der Waals surface area contributed by atoms with Crippen LogP contribution in [0, 0.1) is 0 Å². The van der Waals surface area contributed by atoms with Crippen molar-refractivity contribution in [1.29, 1.82) is 0 Å². The van der Waals surface area contributed by atoms with Crippen LogP contribution in [0.25, 0.3) is 32.3 Å². The highest BCUT2D eigenvalue weighted by atomic mass is 16.5. The predicted octanol–water partition coefficient (Wildman–Crippen LogP) is 8.87. The first-order valence-electron chi connectivity index (χ1n) is 15.5. The Morgan fingerprint density at radius 3 is 1.74 bits per heavy atom. The molecule has 0 saturated carbocycles. The Hall–Kier alpha value is -5.10. The van der Waals surface area contributed by atoms with E-state index in [0.717, 1.165) is 55.7 Å². The van der Waals surface area contributed by atoms with Crippen molar-refractivity contribution in [3.8, 4) is 17.2 Å². The molecular formula is C41H36O5. The Morgan fingerprint density at radius 2 is 1.17 bits per heavy atom. The number of rotatable bonds is 11. The first kappa shape index (κ1) is 29.6. The maximum atomic E-state index is 9.96. The smallest absolute Gasteiger partial charge is 0.184 e. The number of methoxy groups -OCH3 is 2. The zero-order valence-electron chi connectivity index (χ0n) is 26.2. The summed E-state index contributed by atoms with van der Waals surface area (Å²) < 4.78 is 24.7. The second-order valence-corrected chi connectivity index (χ2v) is 11.7. The number of aliphatic hydroxyl groups is 1. The van der Waals surface area contributed by atoms with E-state index in [1.54, 1.807) is 21.1 Å². The van der Waals surface area contributed by atoms with Crippen LogP contribution in [0.3, 0.4) is 0 Å². The molecule has 0 aromatic heterocycles. The molecule has 0 spiro atoms. The lowest BCUT2D eigenvalue weighted by Gasteiger charge is -2.37. The molecule has 7 rings (SSSR count). The molecule has 0 amide bonds. The Labute approximate surface area is 268 Å². The van der Waals surface area contributed by atoms with Crippen LogP contribution >= 0.6 is 0 Å². The van der Waals surface area contributed by atoms with Crippen molar-refractivity contribution in [3.63, 3.8) is 0 Å². The first-order chi connectivity index (χ1) is 22.5. The van der Waals surface area contributed by atoms with Gasteiger partial charge in [-0.1, -0.05) is 91.0 Å². The molecule has 0 radical (unpaired) electrons. The van der Waals surface area contributed by atoms with Crippen molar-refractivity contribution in [2.45, 2.75) is 25.2 Å². The molecule has 7 aromatic carbocycles. The minimum atomic E-state index is -1.04. The molecule has 0 unspecified atom stereocenters. The summed E-state index contributed by atoms with van der Waals surface area (Å²) in [6, 6.07) is 43.7. The molecule has 0 fully saturated rings. The minimum Gasteiger partial charge on any atom is -0.497 e. The van der Waals surface area contributed by atoms with Crippen molar-refractivity contribution in [3.05, 3.63) is 150 Å². The second kappa shape index (κ2) is 12.4. The van der Waals surface area contributed by atoms with Crippen LogP contribution < -0.4 is 14.2 Å². The van der Waals surface area contributed by atoms with Gasteiger partial charge in [0, 0.05) is 27.5 Å². The van der Waals surface area contributed by atoms with Crippen molar-refractivity contribution >= 4 is 32.3 Å². The molecular weight excluding hydrogens is 572 g/mol. The second-order valence-electron chi connectivity index (χ2n) is 11.7. The molecule has 7 aromatic rings. The van der Waals surface area contributed by atoms with Gasteiger partial charge in [0.1, 0.15) is 17.2 Å². The van der Waals surface area contributed by atoms with Crippen molar-refractivity contribution < 1.29 is 24.1 Å². The molecule has 5 nitrogen and oxygen atoms in total. The summed E-state index contributed by atoms with van der Waals surface area (Å²) in [7, 11) is 3.34. The van der Waals surface area contributed by atoms with E-state index in [1.807, 2.05) is 42.5 Å². The van der Waals surface area contributed by atoms with Crippen LogP contribution in [-0.4, -0.2) is 32.0 Å². The highest BCUT2D eigenvalue weighted by molar-refractivity contribution is 6.24. The zero-order chi connectivity index (χ0) is 31.7. The number of hydrogen-bond donors (Lipinski definition) is 1. The lowest BCUT2D eigenvalue weighted by atomic mass is 9.79. The first-order valence-corrected chi connectivity index (χ1v) is 15.5. The average molecular weight is 609 g/mol. The van der Waals surface area contributed by atoms with Gasteiger partial charge in [0.05, 0.1) is 33.5 Å². The summed E-state index contributed by atoms with van der Waals surface area (Å²) in [4.78, 5) is 0. The number of ether oxygens (including phenoxy) is 4. The van der Waals surface area contributed by atoms with E-state index in [9.17, 15) is 5.11 Å². The summed E-state index contributed by atoms with van der Waals surface area (Å²) in [5.41, 5.74) is 2.82. The van der Waals surface area contributed by atoms with Crippen molar-refractivity contribution in [2.75, 3.05) is 20.8 Å². The van der Waals surface area contributed by atoms with Gasteiger partial charge in [-0.15, -0.1) is 0 Å². The normalized spacial score (nSPS) is 12.5. The van der Waals surface area contributed by atoms with Crippen LogP contribution in [0.5, 0.6) is 17.2 Å². The molecule has 0 aliphatic carbocycles. The van der Waals surface area contributed by atoms with Crippen LogP contribution in [0.4, 0.5) is 0 Å². The topological polar surface area (TPSA) is 57.2 Å². The third-order valence-corrected chi connectivity index (χ3v) is 8.75. The van der Waals surface area contributed by atoms with E-state index in [0.29, 0.717) is 6.61 Å². The lowest BCUT2D eigenvalue weighted by Crippen LogP contribution is -2.36. The fraction of sp³-hybridized carbons (Fsp3) is 0.171. The molecule has 1 atom stereocenters. The molecule has 46 heavy (non-hydrogen) atoms. The summed E-state index contributed by atoms with van der Waals surface area (Å²) in [5, 5.41) is 16.7. The number of hydrogen-bond acceptors (Lipinski definition) is 5. The van der Waals surface area contributed by atoms with Crippen LogP contribution in [0.2, 0.25) is 0 Å². The van der Waals surface area contributed by atoms with Gasteiger partial charge in [-0.3, -0.25) is 0 Å². The minimum absolute atomic E-state index is 0.240. The molecule has 1 N–H and O–H groups in total. The fourth-order valence-electron chi connectivity index (χ4n) is 6.58. The zero-order valence-corrected chi connectivity index (χ0v) is 26.2. The Balaban J connectivity index is 1.53. The standard InChI is InChI=1S/C41H36O5/c1-27(42)25-45-26-30-24-38(37-23-13-29-9-7-8-28-12-22-36(30)40(37)39(28)29)46-41(31-10-5-4-6-11-31,32-14-18-34(43-2)19-15-32)33-16-20-35(44-3)21-17-33/h4-24,27,42H,25-26H2,1-3H3/t27-/m0/s1. The summed E-state index contributed by atoms with van der Waals surface area (Å²) in [5.74, 6) is 2.26. The number of aliphatic hydroxyl groups excluding tert-OH is 1. The maximum absolute atomic E-state index is 9.96. The third kappa shape index (κ3) is 5.18. The van der Waals surface area contributed by atoms with Gasteiger partial charge in [-0.2, -0.15) is 0 Å². The largest absolute Gasteiger partial charge is 0.497 e. The lowest BCUT2D eigenvalue weighted by molar-refractivity contribution is 0.0379. The maximum Gasteiger partial charge on any atom is 0.184 e. The van der Waals surface area contributed by atoms with Gasteiger partial charge in [0.15, 0.2) is 5.60 Å². The van der Waals surface area contributed by atoms with Gasteiger partial charge in [0.25, 0.3) is 0 Å². The molecule has 0 heterocycles. The molecule has 5 heteroatoms. The molecule has 0 bridgehead atoms. The van der Waals surface area contributed by atoms with E-state index < -0.39 is 11.7 Å². The van der Waals surface area contributed by atoms with E-state index in [-0.39, 0.29) is 6.61 Å². The van der Waals surface area contributed by atoms with Crippen LogP contribution in [0.15, 0.2) is 127 Å². The Morgan fingerprint density at radius 1 is 0.609 bits per heavy atom. The molecule has 0 saturated heterocycles. The Bertz CT molecular complexity index is 2020. The molecule has 0 aliphatic rings. The highest BCUT2D eigenvalue weighted by Crippen LogP contribution is 2.47. The number of benzene rings is 7. The van der Waals surface area contributed by atoms with Gasteiger partial charge in [-0.05, 0) is 70.4 Å². The van der Waals surface area contributed by atoms with Gasteiger partial charge >= 0.3 is 0 Å². The molecule has 230 valence electrons. The average Bonchev–Trinajstić information content (AvgIpc) is 3.10. The third-order valence-electron chi connectivity index (χ3n) is 8.75. The van der Waals surface area contributed by atoms with Gasteiger partial charge in [0.2, 0.25) is 0 Å². The monoisotopic (exact) mass is 608 g/mol. The quantitative estimate of drug-likeness (QED) is 0.117. The van der Waals surface area contributed by atoms with Crippen LogP contribution in [-0.2, 0) is 16.9 Å². The SMILES string of the molecule is COc1ccc(C(Oc2cc(COC[C@H](C)O)c3ccc4cccc5ccc2c3c45)(c2ccccc2)c2ccc(OC)cc2)cc1. The highest BCUT2D eigenvalue weighted by Gasteiger charge is 2.40. The van der Waals surface area contributed by atoms with Crippen LogP contribution in [0.1, 0.15) is 29.2 Å². The van der Waals surface area contributed by atoms with Crippen molar-refractivity contribution in [1.82, 2.24) is 0 Å². The summed E-state index contributed by atoms with van der Waals surface area (Å²) in [6.45, 7) is 2.30. The van der Waals surface area contributed by atoms with E-state index in [1.165, 1.54) is 16.2 Å². The van der Waals surface area contributed by atoms with Gasteiger partial charge < -0.3 is 24.1 Å². The predicted molar refractivity (Wildman–Crippen MR) is 184 cm³/mol. The van der Waals surface area contributed by atoms with Gasteiger partial charge in [-0.25, -0.2) is 0 Å².